The lowest BCUT2D eigenvalue weighted by molar-refractivity contribution is -0.200. The van der Waals surface area contributed by atoms with E-state index in [1.54, 1.807) is 6.07 Å². The van der Waals surface area contributed by atoms with Gasteiger partial charge in [-0.25, -0.2) is 0 Å². The summed E-state index contributed by atoms with van der Waals surface area (Å²) in [4.78, 5) is 0. The quantitative estimate of drug-likeness (QED) is 0.863. The number of aromatic nitrogens is 2. The third-order valence-electron chi connectivity index (χ3n) is 4.61. The number of hydrogen-bond acceptors (Lipinski definition) is 3. The maximum atomic E-state index is 13.4. The first-order valence-corrected chi connectivity index (χ1v) is 8.49. The van der Waals surface area contributed by atoms with E-state index in [-0.39, 0.29) is 25.3 Å². The van der Waals surface area contributed by atoms with Gasteiger partial charge in [0.2, 0.25) is 0 Å². The van der Waals surface area contributed by atoms with E-state index in [4.69, 9.17) is 0 Å². The molecule has 0 spiro atoms. The average Bonchev–Trinajstić information content (AvgIpc) is 2.92. The Bertz CT molecular complexity index is 562. The fraction of sp³-hybridized carbons (Fsp3) is 0.786. The first-order chi connectivity index (χ1) is 10.1. The predicted octanol–water partition coefficient (Wildman–Crippen LogP) is 3.26. The van der Waals surface area contributed by atoms with E-state index in [9.17, 15) is 17.7 Å². The summed E-state index contributed by atoms with van der Waals surface area (Å²) in [6, 6.07) is 0.656. The molecule has 0 amide bonds. The summed E-state index contributed by atoms with van der Waals surface area (Å²) in [5.41, 5.74) is -0.967. The number of nitrogens with one attached hydrogen (secondary N) is 1. The van der Waals surface area contributed by atoms with Crippen LogP contribution in [-0.4, -0.2) is 25.3 Å². The van der Waals surface area contributed by atoms with E-state index < -0.39 is 33.7 Å². The highest BCUT2D eigenvalue weighted by molar-refractivity contribution is 7.90. The van der Waals surface area contributed by atoms with E-state index in [0.717, 1.165) is 0 Å². The van der Waals surface area contributed by atoms with Crippen molar-refractivity contribution in [2.75, 3.05) is 0 Å². The van der Waals surface area contributed by atoms with Gasteiger partial charge in [0.05, 0.1) is 23.2 Å². The third-order valence-corrected chi connectivity index (χ3v) is 6.22. The Labute approximate surface area is 130 Å². The number of halogens is 3. The van der Waals surface area contributed by atoms with Crippen LogP contribution in [-0.2, 0) is 11.4 Å². The van der Waals surface area contributed by atoms with E-state index in [0.29, 0.717) is 5.69 Å². The van der Waals surface area contributed by atoms with Crippen LogP contribution in [0, 0.1) is 5.41 Å². The van der Waals surface area contributed by atoms with Crippen molar-refractivity contribution in [3.05, 3.63) is 18.0 Å². The van der Waals surface area contributed by atoms with Gasteiger partial charge in [-0.2, -0.15) is 18.3 Å². The lowest BCUT2D eigenvalue weighted by Gasteiger charge is -2.28. The zero-order valence-electron chi connectivity index (χ0n) is 12.8. The van der Waals surface area contributed by atoms with Gasteiger partial charge in [0, 0.05) is 17.6 Å². The first-order valence-electron chi connectivity index (χ1n) is 7.34. The minimum Gasteiger partial charge on any atom is -0.598 e. The molecule has 0 saturated heterocycles. The molecule has 8 heteroatoms. The lowest BCUT2D eigenvalue weighted by atomic mass is 9.93. The molecule has 1 fully saturated rings. The van der Waals surface area contributed by atoms with Crippen molar-refractivity contribution in [3.8, 4) is 0 Å². The van der Waals surface area contributed by atoms with Gasteiger partial charge in [0.1, 0.15) is 4.75 Å². The van der Waals surface area contributed by atoms with E-state index in [1.807, 2.05) is 20.8 Å². The van der Waals surface area contributed by atoms with Crippen LogP contribution in [0.1, 0.15) is 57.8 Å². The smallest absolute Gasteiger partial charge is 0.396 e. The second-order valence-electron chi connectivity index (χ2n) is 7.16. The van der Waals surface area contributed by atoms with Gasteiger partial charge in [0.25, 0.3) is 0 Å². The molecule has 3 rings (SSSR count). The zero-order chi connectivity index (χ0) is 16.3. The molecule has 0 aromatic carbocycles. The van der Waals surface area contributed by atoms with Gasteiger partial charge < -0.3 is 4.55 Å². The molecular weight excluding hydrogens is 315 g/mol. The van der Waals surface area contributed by atoms with Crippen molar-refractivity contribution in [2.24, 2.45) is 5.41 Å². The van der Waals surface area contributed by atoms with Gasteiger partial charge in [-0.05, 0) is 46.1 Å². The van der Waals surface area contributed by atoms with Gasteiger partial charge in [-0.3, -0.25) is 4.68 Å². The fourth-order valence-corrected chi connectivity index (χ4v) is 3.95. The Hall–Kier alpha value is -0.730. The van der Waals surface area contributed by atoms with Crippen molar-refractivity contribution in [2.45, 2.75) is 63.0 Å². The summed E-state index contributed by atoms with van der Waals surface area (Å²) in [5, 5.41) is 4.10. The average molecular weight is 335 g/mol. The number of alkyl halides is 3. The second kappa shape index (κ2) is 4.88. The summed E-state index contributed by atoms with van der Waals surface area (Å²) in [7, 11) is 0. The maximum Gasteiger partial charge on any atom is 0.396 e. The molecule has 2 heterocycles. The van der Waals surface area contributed by atoms with Crippen molar-refractivity contribution in [3.63, 3.8) is 0 Å². The molecule has 2 aliphatic rings. The Kier molecular flexibility index (Phi) is 3.58. The largest absolute Gasteiger partial charge is 0.598 e. The summed E-state index contributed by atoms with van der Waals surface area (Å²) in [5.74, 6) is 0. The number of hydrogen-bond donors (Lipinski definition) is 1. The lowest BCUT2D eigenvalue weighted by Crippen LogP contribution is -2.41. The molecule has 1 N–H and O–H groups in total. The normalized spacial score (nSPS) is 28.5. The van der Waals surface area contributed by atoms with Crippen LogP contribution in [0.2, 0.25) is 0 Å². The predicted molar refractivity (Wildman–Crippen MR) is 77.4 cm³/mol. The maximum absolute atomic E-state index is 13.4. The first kappa shape index (κ1) is 16.1. The monoisotopic (exact) mass is 335 g/mol. The minimum atomic E-state index is -4.22. The van der Waals surface area contributed by atoms with Gasteiger partial charge in [-0.1, -0.05) is 0 Å². The van der Waals surface area contributed by atoms with E-state index in [1.165, 1.54) is 10.9 Å². The van der Waals surface area contributed by atoms with Gasteiger partial charge >= 0.3 is 6.18 Å². The van der Waals surface area contributed by atoms with Gasteiger partial charge in [0.15, 0.2) is 0 Å². The Balaban J connectivity index is 1.84. The zero-order valence-corrected chi connectivity index (χ0v) is 13.6. The van der Waals surface area contributed by atoms with Crippen molar-refractivity contribution in [1.82, 2.24) is 14.5 Å². The molecule has 22 heavy (non-hydrogen) atoms. The molecule has 124 valence electrons. The third kappa shape index (κ3) is 2.45. The van der Waals surface area contributed by atoms with Crippen LogP contribution in [0.15, 0.2) is 12.3 Å². The van der Waals surface area contributed by atoms with Crippen molar-refractivity contribution < 1.29 is 17.7 Å². The standard InChI is InChI=1S/C14H20F3N3OS/c1-12(2,3)22(21)19-9-8-11(20-10(9)4-7-18-20)13(5-6-13)14(15,16)17/h4,7,9,11,19H,5-6,8H2,1-3H3/t9-,11-,22+/m1/s1. The van der Waals surface area contributed by atoms with Crippen LogP contribution in [0.3, 0.4) is 0 Å². The SMILES string of the molecule is CC(C)(C)[S@+]([O-])N[C@@H]1C[C@H](C2(C(F)(F)F)CC2)n2nccc21. The summed E-state index contributed by atoms with van der Waals surface area (Å²) < 4.78 is 56.5. The fourth-order valence-electron chi connectivity index (χ4n) is 3.12. The Morgan fingerprint density at radius 3 is 2.50 bits per heavy atom. The topological polar surface area (TPSA) is 52.9 Å². The molecule has 1 saturated carbocycles. The number of fused-ring (bicyclic) bond motifs is 1. The molecule has 1 aromatic heterocycles. The molecule has 4 nitrogen and oxygen atoms in total. The second-order valence-corrected chi connectivity index (χ2v) is 9.16. The van der Waals surface area contributed by atoms with Crippen LogP contribution < -0.4 is 4.72 Å². The molecular formula is C14H20F3N3OS. The van der Waals surface area contributed by atoms with E-state index >= 15 is 0 Å². The Morgan fingerprint density at radius 1 is 1.36 bits per heavy atom. The van der Waals surface area contributed by atoms with Crippen molar-refractivity contribution >= 4 is 11.4 Å². The molecule has 0 unspecified atom stereocenters. The number of rotatable bonds is 3. The van der Waals surface area contributed by atoms with Crippen LogP contribution in [0.5, 0.6) is 0 Å². The highest BCUT2D eigenvalue weighted by atomic mass is 32.2. The minimum absolute atomic E-state index is 0.148. The molecule has 1 aliphatic heterocycles. The van der Waals surface area contributed by atoms with Crippen LogP contribution in [0.25, 0.3) is 0 Å². The van der Waals surface area contributed by atoms with Crippen molar-refractivity contribution in [1.29, 1.82) is 0 Å². The number of nitrogens with zero attached hydrogens (tertiary/aromatic N) is 2. The highest BCUT2D eigenvalue weighted by Crippen LogP contribution is 2.66. The summed E-state index contributed by atoms with van der Waals surface area (Å²) >= 11 is -1.33. The van der Waals surface area contributed by atoms with Crippen LogP contribution in [0.4, 0.5) is 13.2 Å². The molecule has 1 aliphatic carbocycles. The van der Waals surface area contributed by atoms with Gasteiger partial charge in [-0.15, -0.1) is 4.72 Å². The molecule has 3 atom stereocenters. The molecule has 1 aromatic rings. The van der Waals surface area contributed by atoms with Crippen LogP contribution >= 0.6 is 0 Å². The summed E-state index contributed by atoms with van der Waals surface area (Å²) in [6.07, 6.45) is -2.13. The summed E-state index contributed by atoms with van der Waals surface area (Å²) in [6.45, 7) is 5.49. The highest BCUT2D eigenvalue weighted by Gasteiger charge is 2.69. The van der Waals surface area contributed by atoms with E-state index in [2.05, 4.69) is 9.82 Å². The molecule has 0 bridgehead atoms. The molecule has 0 radical (unpaired) electrons. The Morgan fingerprint density at radius 2 is 2.00 bits per heavy atom.